The highest BCUT2D eigenvalue weighted by Gasteiger charge is 2.21. The molecule has 1 saturated carbocycles. The summed E-state index contributed by atoms with van der Waals surface area (Å²) in [6.07, 6.45) is 6.45. The molecule has 7 nitrogen and oxygen atoms in total. The van der Waals surface area contributed by atoms with Crippen molar-refractivity contribution >= 4 is 22.6 Å². The van der Waals surface area contributed by atoms with E-state index in [1.807, 2.05) is 42.0 Å². The Labute approximate surface area is 151 Å². The smallest absolute Gasteiger partial charge is 0.241 e. The second-order valence-electron chi connectivity index (χ2n) is 6.91. The van der Waals surface area contributed by atoms with E-state index in [9.17, 15) is 0 Å². The number of anilines is 1. The Hall–Kier alpha value is -2.96. The number of rotatable bonds is 5. The minimum atomic E-state index is 0.676. The summed E-state index contributed by atoms with van der Waals surface area (Å²) in [7, 11) is 0. The molecule has 26 heavy (non-hydrogen) atoms. The van der Waals surface area contributed by atoms with Gasteiger partial charge in [-0.05, 0) is 50.8 Å². The number of aryl methyl sites for hydroxylation is 2. The summed E-state index contributed by atoms with van der Waals surface area (Å²) < 4.78 is 4.00. The zero-order valence-corrected chi connectivity index (χ0v) is 15.0. The van der Waals surface area contributed by atoms with Crippen molar-refractivity contribution in [2.75, 3.05) is 11.9 Å². The Bertz CT molecular complexity index is 1100. The summed E-state index contributed by atoms with van der Waals surface area (Å²) in [5.74, 6) is 2.45. The summed E-state index contributed by atoms with van der Waals surface area (Å²) in [6.45, 7) is 5.94. The van der Waals surface area contributed by atoms with Crippen molar-refractivity contribution < 1.29 is 0 Å². The Balaban J connectivity index is 1.54. The van der Waals surface area contributed by atoms with Gasteiger partial charge in [-0.15, -0.1) is 5.10 Å². The molecule has 0 unspecified atom stereocenters. The van der Waals surface area contributed by atoms with Crippen LogP contribution in [0.15, 0.2) is 30.6 Å². The second kappa shape index (κ2) is 5.79. The largest absolute Gasteiger partial charge is 0.353 e. The monoisotopic (exact) mass is 347 g/mol. The zero-order chi connectivity index (χ0) is 17.7. The predicted octanol–water partition coefficient (Wildman–Crippen LogP) is 3.29. The van der Waals surface area contributed by atoms with Gasteiger partial charge in [-0.1, -0.05) is 0 Å². The van der Waals surface area contributed by atoms with Crippen molar-refractivity contribution in [3.63, 3.8) is 0 Å². The minimum Gasteiger partial charge on any atom is -0.353 e. The van der Waals surface area contributed by atoms with Gasteiger partial charge in [-0.2, -0.15) is 0 Å². The number of aromatic nitrogens is 6. The topological polar surface area (TPSA) is 72.9 Å². The van der Waals surface area contributed by atoms with Crippen molar-refractivity contribution in [2.24, 2.45) is 5.92 Å². The first-order chi connectivity index (χ1) is 12.7. The first-order valence-corrected chi connectivity index (χ1v) is 9.15. The van der Waals surface area contributed by atoms with Gasteiger partial charge in [0.1, 0.15) is 11.3 Å². The van der Waals surface area contributed by atoms with E-state index in [1.54, 1.807) is 0 Å². The van der Waals surface area contributed by atoms with Crippen LogP contribution in [-0.4, -0.2) is 35.7 Å². The molecule has 1 aliphatic carbocycles. The van der Waals surface area contributed by atoms with Gasteiger partial charge in [0.05, 0.1) is 17.4 Å². The molecule has 0 spiro atoms. The Kier molecular flexibility index (Phi) is 3.41. The first-order valence-electron chi connectivity index (χ1n) is 9.15. The summed E-state index contributed by atoms with van der Waals surface area (Å²) >= 11 is 0. The Morgan fingerprint density at radius 1 is 1.19 bits per heavy atom. The molecule has 5 rings (SSSR count). The lowest BCUT2D eigenvalue weighted by atomic mass is 10.2. The second-order valence-corrected chi connectivity index (χ2v) is 6.91. The van der Waals surface area contributed by atoms with E-state index in [0.29, 0.717) is 5.95 Å². The molecule has 0 amide bonds. The molecule has 1 aliphatic rings. The maximum Gasteiger partial charge on any atom is 0.241 e. The van der Waals surface area contributed by atoms with Crippen LogP contribution in [0.25, 0.3) is 27.9 Å². The average molecular weight is 347 g/mol. The van der Waals surface area contributed by atoms with Crippen LogP contribution in [0.5, 0.6) is 0 Å². The lowest BCUT2D eigenvalue weighted by Gasteiger charge is -2.05. The van der Waals surface area contributed by atoms with Crippen LogP contribution >= 0.6 is 0 Å². The normalized spacial score (nSPS) is 14.4. The van der Waals surface area contributed by atoms with Gasteiger partial charge in [0.25, 0.3) is 0 Å². The Morgan fingerprint density at radius 3 is 2.88 bits per heavy atom. The lowest BCUT2D eigenvalue weighted by molar-refractivity contribution is 0.746. The van der Waals surface area contributed by atoms with Gasteiger partial charge in [0.15, 0.2) is 5.65 Å². The minimum absolute atomic E-state index is 0.676. The van der Waals surface area contributed by atoms with Crippen LogP contribution in [-0.2, 0) is 6.54 Å². The highest BCUT2D eigenvalue weighted by atomic mass is 15.3. The standard InChI is InChI=1S/C19H21N7/c1-3-25-12(2)22-16-7-6-15(23-18(16)25)14-8-9-26-17(14)11-21-19(24-26)20-10-13-4-5-13/h6-9,11,13H,3-5,10H2,1-2H3,(H,20,24). The third-order valence-corrected chi connectivity index (χ3v) is 5.04. The molecule has 4 aromatic rings. The fourth-order valence-electron chi connectivity index (χ4n) is 3.40. The van der Waals surface area contributed by atoms with E-state index in [-0.39, 0.29) is 0 Å². The molecule has 0 aromatic carbocycles. The predicted molar refractivity (Wildman–Crippen MR) is 101 cm³/mol. The molecule has 132 valence electrons. The number of fused-ring (bicyclic) bond motifs is 2. The molecular formula is C19H21N7. The van der Waals surface area contributed by atoms with Crippen molar-refractivity contribution in [2.45, 2.75) is 33.2 Å². The van der Waals surface area contributed by atoms with Crippen LogP contribution in [0.2, 0.25) is 0 Å². The van der Waals surface area contributed by atoms with Crippen LogP contribution in [0.3, 0.4) is 0 Å². The van der Waals surface area contributed by atoms with Gasteiger partial charge in [0.2, 0.25) is 5.95 Å². The molecular weight excluding hydrogens is 326 g/mol. The Morgan fingerprint density at radius 2 is 2.08 bits per heavy atom. The number of hydrogen-bond acceptors (Lipinski definition) is 5. The van der Waals surface area contributed by atoms with Gasteiger partial charge < -0.3 is 9.88 Å². The summed E-state index contributed by atoms with van der Waals surface area (Å²) in [5.41, 5.74) is 4.75. The quantitative estimate of drug-likeness (QED) is 0.600. The summed E-state index contributed by atoms with van der Waals surface area (Å²) in [5, 5.41) is 7.89. The van der Waals surface area contributed by atoms with E-state index in [1.165, 1.54) is 12.8 Å². The molecule has 1 N–H and O–H groups in total. The maximum atomic E-state index is 4.87. The molecule has 4 aromatic heterocycles. The van der Waals surface area contributed by atoms with Crippen molar-refractivity contribution in [1.29, 1.82) is 0 Å². The van der Waals surface area contributed by atoms with Gasteiger partial charge in [-0.3, -0.25) is 0 Å². The average Bonchev–Trinajstić information content (AvgIpc) is 3.30. The summed E-state index contributed by atoms with van der Waals surface area (Å²) in [4.78, 5) is 13.9. The molecule has 0 aliphatic heterocycles. The number of hydrogen-bond donors (Lipinski definition) is 1. The fraction of sp³-hybridized carbons (Fsp3) is 0.368. The highest BCUT2D eigenvalue weighted by molar-refractivity contribution is 5.82. The van der Waals surface area contributed by atoms with Crippen LogP contribution in [0, 0.1) is 12.8 Å². The van der Waals surface area contributed by atoms with E-state index in [2.05, 4.69) is 31.9 Å². The molecule has 0 bridgehead atoms. The van der Waals surface area contributed by atoms with Crippen LogP contribution in [0.1, 0.15) is 25.6 Å². The number of nitrogens with zero attached hydrogens (tertiary/aromatic N) is 6. The van der Waals surface area contributed by atoms with Crippen molar-refractivity contribution in [3.8, 4) is 11.3 Å². The first kappa shape index (κ1) is 15.3. The van der Waals surface area contributed by atoms with Gasteiger partial charge >= 0.3 is 0 Å². The molecule has 0 saturated heterocycles. The van der Waals surface area contributed by atoms with Crippen molar-refractivity contribution in [1.82, 2.24) is 29.1 Å². The van der Waals surface area contributed by atoms with E-state index < -0.39 is 0 Å². The van der Waals surface area contributed by atoms with E-state index in [4.69, 9.17) is 4.98 Å². The van der Waals surface area contributed by atoms with Gasteiger partial charge in [-0.25, -0.2) is 19.5 Å². The number of nitrogens with one attached hydrogen (secondary N) is 1. The van der Waals surface area contributed by atoms with E-state index in [0.717, 1.165) is 52.8 Å². The van der Waals surface area contributed by atoms with Crippen LogP contribution in [0.4, 0.5) is 5.95 Å². The third kappa shape index (κ3) is 2.51. The lowest BCUT2D eigenvalue weighted by Crippen LogP contribution is -2.08. The van der Waals surface area contributed by atoms with E-state index >= 15 is 0 Å². The third-order valence-electron chi connectivity index (χ3n) is 5.04. The molecule has 0 radical (unpaired) electrons. The number of imidazole rings is 1. The van der Waals surface area contributed by atoms with Gasteiger partial charge in [0, 0.05) is 24.8 Å². The maximum absolute atomic E-state index is 4.87. The summed E-state index contributed by atoms with van der Waals surface area (Å²) in [6, 6.07) is 6.10. The van der Waals surface area contributed by atoms with Crippen LogP contribution < -0.4 is 5.32 Å². The zero-order valence-electron chi connectivity index (χ0n) is 15.0. The molecule has 1 fully saturated rings. The molecule has 7 heteroatoms. The van der Waals surface area contributed by atoms with Crippen molar-refractivity contribution in [3.05, 3.63) is 36.4 Å². The SMILES string of the molecule is CCn1c(C)nc2ccc(-c3ccn4nc(NCC5CC5)ncc34)nc21. The molecule has 0 atom stereocenters. The highest BCUT2D eigenvalue weighted by Crippen LogP contribution is 2.29. The fourth-order valence-corrected chi connectivity index (χ4v) is 3.40. The number of pyridine rings is 1. The molecule has 4 heterocycles.